The number of nitrogens with two attached hydrogens (primary N) is 1. The van der Waals surface area contributed by atoms with Crippen molar-refractivity contribution in [3.63, 3.8) is 0 Å². The Morgan fingerprint density at radius 2 is 1.95 bits per heavy atom. The Labute approximate surface area is 116 Å². The molecule has 2 aromatic carbocycles. The minimum absolute atomic E-state index is 0.327. The van der Waals surface area contributed by atoms with Gasteiger partial charge < -0.3 is 5.73 Å². The smallest absolute Gasteiger partial charge is 0.147 e. The molecule has 1 heterocycles. The molecule has 20 heavy (non-hydrogen) atoms. The van der Waals surface area contributed by atoms with Gasteiger partial charge in [0.2, 0.25) is 0 Å². The molecule has 0 atom stereocenters. The molecule has 3 rings (SSSR count). The van der Waals surface area contributed by atoms with Crippen molar-refractivity contribution in [3.05, 3.63) is 66.4 Å². The van der Waals surface area contributed by atoms with Gasteiger partial charge in [-0.15, -0.1) is 0 Å². The minimum Gasteiger partial charge on any atom is -0.399 e. The zero-order valence-corrected chi connectivity index (χ0v) is 11.0. The fourth-order valence-corrected chi connectivity index (χ4v) is 2.26. The van der Waals surface area contributed by atoms with E-state index < -0.39 is 0 Å². The van der Waals surface area contributed by atoms with Crippen LogP contribution in [-0.4, -0.2) is 9.55 Å². The Bertz CT molecular complexity index is 762. The van der Waals surface area contributed by atoms with Gasteiger partial charge in [-0.3, -0.25) is 4.57 Å². The molecule has 0 radical (unpaired) electrons. The molecule has 3 nitrogen and oxygen atoms in total. The maximum Gasteiger partial charge on any atom is 0.147 e. The Kier molecular flexibility index (Phi) is 2.99. The first kappa shape index (κ1) is 12.4. The van der Waals surface area contributed by atoms with Gasteiger partial charge >= 0.3 is 0 Å². The Morgan fingerprint density at radius 1 is 1.15 bits per heavy atom. The normalized spacial score (nSPS) is 10.7. The van der Waals surface area contributed by atoms with Crippen LogP contribution >= 0.6 is 0 Å². The third-order valence-electron chi connectivity index (χ3n) is 3.29. The van der Waals surface area contributed by atoms with Crippen molar-refractivity contribution < 1.29 is 4.39 Å². The molecule has 100 valence electrons. The van der Waals surface area contributed by atoms with Crippen LogP contribution in [0.1, 0.15) is 5.56 Å². The highest BCUT2D eigenvalue weighted by Crippen LogP contribution is 2.27. The van der Waals surface area contributed by atoms with E-state index in [0.717, 1.165) is 16.8 Å². The van der Waals surface area contributed by atoms with Crippen molar-refractivity contribution in [2.45, 2.75) is 6.92 Å². The molecular formula is C16H14FN3. The van der Waals surface area contributed by atoms with Crippen LogP contribution in [0.25, 0.3) is 16.9 Å². The Balaban J connectivity index is 2.21. The van der Waals surface area contributed by atoms with Crippen molar-refractivity contribution in [2.75, 3.05) is 5.73 Å². The molecule has 4 heteroatoms. The number of hydrogen-bond acceptors (Lipinski definition) is 2. The molecule has 0 saturated carbocycles. The van der Waals surface area contributed by atoms with Gasteiger partial charge in [0.25, 0.3) is 0 Å². The number of aromatic nitrogens is 2. The third-order valence-corrected chi connectivity index (χ3v) is 3.29. The lowest BCUT2D eigenvalue weighted by Crippen LogP contribution is -2.00. The first-order valence-electron chi connectivity index (χ1n) is 6.30. The van der Waals surface area contributed by atoms with Crippen molar-refractivity contribution in [2.24, 2.45) is 0 Å². The van der Waals surface area contributed by atoms with Crippen molar-refractivity contribution in [3.8, 4) is 16.9 Å². The summed E-state index contributed by atoms with van der Waals surface area (Å²) in [5, 5.41) is 0. The van der Waals surface area contributed by atoms with Gasteiger partial charge in [-0.1, -0.05) is 24.3 Å². The summed E-state index contributed by atoms with van der Waals surface area (Å²) in [6, 6.07) is 12.5. The lowest BCUT2D eigenvalue weighted by atomic mass is 10.1. The molecular weight excluding hydrogens is 253 g/mol. The van der Waals surface area contributed by atoms with E-state index in [2.05, 4.69) is 4.98 Å². The number of imidazole rings is 1. The molecule has 0 unspecified atom stereocenters. The predicted octanol–water partition coefficient (Wildman–Crippen LogP) is 3.57. The first-order valence-corrected chi connectivity index (χ1v) is 6.30. The number of halogens is 1. The van der Waals surface area contributed by atoms with Crippen molar-refractivity contribution in [1.29, 1.82) is 0 Å². The van der Waals surface area contributed by atoms with Gasteiger partial charge in [0.05, 0.1) is 23.9 Å². The number of nitrogens with zero attached hydrogens (tertiary/aromatic N) is 2. The van der Waals surface area contributed by atoms with E-state index in [1.165, 1.54) is 6.07 Å². The van der Waals surface area contributed by atoms with Gasteiger partial charge in [-0.05, 0) is 30.7 Å². The molecule has 1 aromatic heterocycles. The summed E-state index contributed by atoms with van der Waals surface area (Å²) in [7, 11) is 0. The van der Waals surface area contributed by atoms with Crippen LogP contribution < -0.4 is 5.73 Å². The van der Waals surface area contributed by atoms with Crippen LogP contribution in [0.3, 0.4) is 0 Å². The molecule has 0 saturated heterocycles. The lowest BCUT2D eigenvalue weighted by Gasteiger charge is -2.11. The number of nitrogen functional groups attached to an aromatic ring is 1. The van der Waals surface area contributed by atoms with E-state index in [-0.39, 0.29) is 5.82 Å². The van der Waals surface area contributed by atoms with E-state index in [4.69, 9.17) is 5.73 Å². The summed E-state index contributed by atoms with van der Waals surface area (Å²) in [5.74, 6) is -0.327. The summed E-state index contributed by atoms with van der Waals surface area (Å²) in [4.78, 5) is 4.14. The molecule has 0 spiro atoms. The van der Waals surface area contributed by atoms with E-state index >= 15 is 0 Å². The van der Waals surface area contributed by atoms with Crippen LogP contribution in [-0.2, 0) is 0 Å². The summed E-state index contributed by atoms with van der Waals surface area (Å²) < 4.78 is 15.7. The van der Waals surface area contributed by atoms with E-state index in [1.54, 1.807) is 29.2 Å². The fourth-order valence-electron chi connectivity index (χ4n) is 2.26. The molecule has 0 fully saturated rings. The Hall–Kier alpha value is -2.62. The van der Waals surface area contributed by atoms with Crippen LogP contribution in [0.4, 0.5) is 10.1 Å². The van der Waals surface area contributed by atoms with Crippen molar-refractivity contribution in [1.82, 2.24) is 9.55 Å². The summed E-state index contributed by atoms with van der Waals surface area (Å²) in [6.07, 6.45) is 3.32. The SMILES string of the molecule is Cc1ccccc1-c1cncn1-c1cc(N)ccc1F. The second-order valence-electron chi connectivity index (χ2n) is 4.67. The van der Waals surface area contributed by atoms with Crippen LogP contribution in [0.5, 0.6) is 0 Å². The lowest BCUT2D eigenvalue weighted by molar-refractivity contribution is 0.619. The summed E-state index contributed by atoms with van der Waals surface area (Å²) in [5.41, 5.74) is 9.64. The Morgan fingerprint density at radius 3 is 2.75 bits per heavy atom. The molecule has 0 bridgehead atoms. The maximum absolute atomic E-state index is 14.0. The van der Waals surface area contributed by atoms with Crippen LogP contribution in [0.2, 0.25) is 0 Å². The van der Waals surface area contributed by atoms with Gasteiger partial charge in [0, 0.05) is 11.3 Å². The van der Waals surface area contributed by atoms with Crippen molar-refractivity contribution >= 4 is 5.69 Å². The number of anilines is 1. The number of hydrogen-bond donors (Lipinski definition) is 1. The van der Waals surface area contributed by atoms with Gasteiger partial charge in [0.1, 0.15) is 5.82 Å². The highest BCUT2D eigenvalue weighted by atomic mass is 19.1. The zero-order chi connectivity index (χ0) is 14.1. The molecule has 3 aromatic rings. The highest BCUT2D eigenvalue weighted by molar-refractivity contribution is 5.66. The van der Waals surface area contributed by atoms with E-state index in [1.807, 2.05) is 31.2 Å². The highest BCUT2D eigenvalue weighted by Gasteiger charge is 2.12. The van der Waals surface area contributed by atoms with E-state index in [0.29, 0.717) is 11.4 Å². The standard InChI is InChI=1S/C16H14FN3/c1-11-4-2-3-5-13(11)16-9-19-10-20(16)15-8-12(18)6-7-14(15)17/h2-10H,18H2,1H3. The molecule has 0 aliphatic heterocycles. The number of rotatable bonds is 2. The quantitative estimate of drug-likeness (QED) is 0.721. The summed E-state index contributed by atoms with van der Waals surface area (Å²) >= 11 is 0. The number of benzene rings is 2. The second kappa shape index (κ2) is 4.81. The molecule has 0 aliphatic carbocycles. The predicted molar refractivity (Wildman–Crippen MR) is 78.1 cm³/mol. The van der Waals surface area contributed by atoms with Gasteiger partial charge in [0.15, 0.2) is 0 Å². The molecule has 0 aliphatic rings. The minimum atomic E-state index is -0.327. The monoisotopic (exact) mass is 267 g/mol. The van der Waals surface area contributed by atoms with Crippen LogP contribution in [0.15, 0.2) is 55.0 Å². The van der Waals surface area contributed by atoms with Gasteiger partial charge in [-0.25, -0.2) is 9.37 Å². The van der Waals surface area contributed by atoms with Gasteiger partial charge in [-0.2, -0.15) is 0 Å². The summed E-state index contributed by atoms with van der Waals surface area (Å²) in [6.45, 7) is 2.02. The maximum atomic E-state index is 14.0. The average Bonchev–Trinajstić information content (AvgIpc) is 2.91. The van der Waals surface area contributed by atoms with E-state index in [9.17, 15) is 4.39 Å². The third kappa shape index (κ3) is 2.05. The average molecular weight is 267 g/mol. The van der Waals surface area contributed by atoms with Crippen LogP contribution in [0, 0.1) is 12.7 Å². The zero-order valence-electron chi connectivity index (χ0n) is 11.0. The topological polar surface area (TPSA) is 43.8 Å². The number of aryl methyl sites for hydroxylation is 1. The first-order chi connectivity index (χ1) is 9.66. The molecule has 0 amide bonds. The molecule has 2 N–H and O–H groups in total. The largest absolute Gasteiger partial charge is 0.399 e. The second-order valence-corrected chi connectivity index (χ2v) is 4.67. The fraction of sp³-hybridized carbons (Fsp3) is 0.0625.